The predicted octanol–water partition coefficient (Wildman–Crippen LogP) is 3.25. The monoisotopic (exact) mass is 560 g/mol. The molecule has 1 aliphatic heterocycles. The number of anilines is 2. The number of ketones is 1. The molecule has 0 radical (unpaired) electrons. The van der Waals surface area contributed by atoms with E-state index in [0.717, 1.165) is 67.0 Å². The van der Waals surface area contributed by atoms with Gasteiger partial charge in [0.2, 0.25) is 5.91 Å². The number of nitrogens with one attached hydrogen (secondary N) is 3. The molecule has 0 spiro atoms. The maximum atomic E-state index is 12.7. The standard InChI is InChI=1S/C31H41N7O3/c1-23(39)29(36-31-28(21-32-22-38(31)41)25-9-4-3-5-10-25)15-19-37(20-17-33-24(2)40)18-7-6-12-27-14-13-26-11-8-16-34-30(26)35-27/h3-5,9-10,13-14,21-22,29,41H,6-8,11-12,15-20H2,1-2H3,(H2,33,34,35,40)/p+1/t29-/m0/s1. The Kier molecular flexibility index (Phi) is 11.0. The molecular formula is C31H42N7O3+. The summed E-state index contributed by atoms with van der Waals surface area (Å²) in [6.07, 6.45) is 8.65. The van der Waals surface area contributed by atoms with Crippen LogP contribution in [0.4, 0.5) is 11.6 Å². The molecule has 0 bridgehead atoms. The highest BCUT2D eigenvalue weighted by molar-refractivity contribution is 5.85. The zero-order chi connectivity index (χ0) is 29.0. The fourth-order valence-corrected chi connectivity index (χ4v) is 5.11. The Bertz CT molecular complexity index is 1300. The molecular weight excluding hydrogens is 518 g/mol. The van der Waals surface area contributed by atoms with Crippen LogP contribution in [0.2, 0.25) is 0 Å². The number of Topliss-reactive ketones (excluding diaryl/α,β-unsaturated/α-hetero) is 1. The lowest BCUT2D eigenvalue weighted by molar-refractivity contribution is -0.895. The van der Waals surface area contributed by atoms with Gasteiger partial charge in [-0.3, -0.25) is 14.9 Å². The van der Waals surface area contributed by atoms with E-state index >= 15 is 0 Å². The van der Waals surface area contributed by atoms with Gasteiger partial charge in [-0.1, -0.05) is 41.1 Å². The normalized spacial score (nSPS) is 13.2. The molecule has 41 heavy (non-hydrogen) atoms. The number of amides is 1. The van der Waals surface area contributed by atoms with E-state index in [1.807, 2.05) is 30.3 Å². The third-order valence-electron chi connectivity index (χ3n) is 7.40. The minimum absolute atomic E-state index is 0.0188. The van der Waals surface area contributed by atoms with E-state index in [2.05, 4.69) is 38.0 Å². The van der Waals surface area contributed by atoms with Gasteiger partial charge in [0.1, 0.15) is 18.1 Å². The summed E-state index contributed by atoms with van der Waals surface area (Å²) >= 11 is 0. The molecule has 1 aromatic carbocycles. The molecule has 3 aromatic rings. The molecule has 3 heterocycles. The Balaban J connectivity index is 1.36. The number of pyridine rings is 1. The van der Waals surface area contributed by atoms with E-state index in [4.69, 9.17) is 4.98 Å². The molecule has 4 N–H and O–H groups in total. The van der Waals surface area contributed by atoms with Crippen molar-refractivity contribution >= 4 is 23.3 Å². The highest BCUT2D eigenvalue weighted by Gasteiger charge is 2.24. The quantitative estimate of drug-likeness (QED) is 0.127. The number of aromatic nitrogens is 3. The lowest BCUT2D eigenvalue weighted by Gasteiger charge is -2.24. The maximum absolute atomic E-state index is 12.7. The molecule has 218 valence electrons. The molecule has 10 nitrogen and oxygen atoms in total. The van der Waals surface area contributed by atoms with Crippen molar-refractivity contribution in [2.45, 2.75) is 58.4 Å². The van der Waals surface area contributed by atoms with Crippen molar-refractivity contribution in [1.82, 2.24) is 20.2 Å². The third-order valence-corrected chi connectivity index (χ3v) is 7.40. The molecule has 1 aliphatic rings. The largest absolute Gasteiger partial charge is 0.371 e. The highest BCUT2D eigenvalue weighted by atomic mass is 16.5. The first kappa shape index (κ1) is 29.9. The second-order valence-electron chi connectivity index (χ2n) is 10.6. The van der Waals surface area contributed by atoms with Crippen molar-refractivity contribution in [3.63, 3.8) is 0 Å². The smallest absolute Gasteiger partial charge is 0.271 e. The predicted molar refractivity (Wildman–Crippen MR) is 159 cm³/mol. The molecule has 0 aliphatic carbocycles. The van der Waals surface area contributed by atoms with Crippen LogP contribution in [0.15, 0.2) is 55.0 Å². The SMILES string of the molecule is CC(=O)NCCN(CCCCc1ccc2c(n1)NCCC2)CC[C@H](Nc1c(-c2ccccc2)cnc[n+]1O)C(C)=O. The number of fused-ring (bicyclic) bond motifs is 1. The lowest BCUT2D eigenvalue weighted by Crippen LogP contribution is -2.42. The zero-order valence-electron chi connectivity index (χ0n) is 24.1. The molecule has 1 amide bonds. The summed E-state index contributed by atoms with van der Waals surface area (Å²) in [6, 6.07) is 13.5. The summed E-state index contributed by atoms with van der Waals surface area (Å²) in [5.41, 5.74) is 3.99. The van der Waals surface area contributed by atoms with Gasteiger partial charge in [0, 0.05) is 45.2 Å². The van der Waals surface area contributed by atoms with Gasteiger partial charge in [-0.25, -0.2) is 4.98 Å². The maximum Gasteiger partial charge on any atom is 0.271 e. The minimum atomic E-state index is -0.506. The fraction of sp³-hybridized carbons (Fsp3) is 0.452. The number of rotatable bonds is 15. The van der Waals surface area contributed by atoms with Crippen LogP contribution in [0, 0.1) is 0 Å². The number of benzene rings is 1. The number of nitrogens with zero attached hydrogens (tertiary/aromatic N) is 4. The average molecular weight is 561 g/mol. The van der Waals surface area contributed by atoms with Crippen LogP contribution in [0.1, 0.15) is 50.8 Å². The van der Waals surface area contributed by atoms with Crippen LogP contribution in [0.5, 0.6) is 0 Å². The minimum Gasteiger partial charge on any atom is -0.371 e. The molecule has 0 fully saturated rings. The molecule has 0 unspecified atom stereocenters. The molecule has 2 aromatic heterocycles. The van der Waals surface area contributed by atoms with E-state index in [1.165, 1.54) is 18.8 Å². The number of unbranched alkanes of at least 4 members (excludes halogenated alkanes) is 1. The average Bonchev–Trinajstić information content (AvgIpc) is 2.97. The van der Waals surface area contributed by atoms with Crippen LogP contribution in [0.3, 0.4) is 0 Å². The van der Waals surface area contributed by atoms with E-state index in [9.17, 15) is 14.8 Å². The van der Waals surface area contributed by atoms with E-state index < -0.39 is 6.04 Å². The van der Waals surface area contributed by atoms with Crippen LogP contribution >= 0.6 is 0 Å². The van der Waals surface area contributed by atoms with E-state index in [-0.39, 0.29) is 11.7 Å². The second kappa shape index (κ2) is 15.1. The van der Waals surface area contributed by atoms with Gasteiger partial charge in [-0.05, 0) is 62.8 Å². The molecule has 0 saturated heterocycles. The number of hydrogen-bond donors (Lipinski definition) is 4. The lowest BCUT2D eigenvalue weighted by atomic mass is 10.1. The van der Waals surface area contributed by atoms with E-state index in [1.54, 1.807) is 13.1 Å². The first-order valence-corrected chi connectivity index (χ1v) is 14.5. The first-order chi connectivity index (χ1) is 19.9. The van der Waals surface area contributed by atoms with Gasteiger partial charge in [-0.15, -0.1) is 4.98 Å². The molecule has 0 saturated carbocycles. The van der Waals surface area contributed by atoms with Crippen molar-refractivity contribution in [2.24, 2.45) is 0 Å². The Morgan fingerprint density at radius 1 is 1.10 bits per heavy atom. The van der Waals surface area contributed by atoms with Crippen molar-refractivity contribution in [1.29, 1.82) is 0 Å². The third kappa shape index (κ3) is 8.97. The van der Waals surface area contributed by atoms with Crippen molar-refractivity contribution in [3.05, 3.63) is 66.2 Å². The van der Waals surface area contributed by atoms with Gasteiger partial charge in [0.15, 0.2) is 5.78 Å². The van der Waals surface area contributed by atoms with Gasteiger partial charge < -0.3 is 20.7 Å². The van der Waals surface area contributed by atoms with E-state index in [0.29, 0.717) is 37.4 Å². The van der Waals surface area contributed by atoms with Gasteiger partial charge in [-0.2, -0.15) is 0 Å². The Labute approximate surface area is 242 Å². The van der Waals surface area contributed by atoms with Gasteiger partial charge in [0.05, 0.1) is 5.56 Å². The number of carbonyl (C=O) groups excluding carboxylic acids is 2. The molecule has 4 rings (SSSR count). The summed E-state index contributed by atoms with van der Waals surface area (Å²) in [7, 11) is 0. The summed E-state index contributed by atoms with van der Waals surface area (Å²) in [5.74, 6) is 1.37. The topological polar surface area (TPSA) is 123 Å². The summed E-state index contributed by atoms with van der Waals surface area (Å²) in [4.78, 5) is 35.4. The Morgan fingerprint density at radius 2 is 1.93 bits per heavy atom. The second-order valence-corrected chi connectivity index (χ2v) is 10.6. The van der Waals surface area contributed by atoms with Crippen LogP contribution < -0.4 is 20.7 Å². The van der Waals surface area contributed by atoms with Crippen LogP contribution in [-0.4, -0.2) is 70.5 Å². The molecule has 1 atom stereocenters. The summed E-state index contributed by atoms with van der Waals surface area (Å²) in [6.45, 7) is 6.80. The highest BCUT2D eigenvalue weighted by Crippen LogP contribution is 2.25. The molecule has 10 heteroatoms. The number of hydrogen-bond acceptors (Lipinski definition) is 8. The summed E-state index contributed by atoms with van der Waals surface area (Å²) in [5, 5.41) is 20.1. The van der Waals surface area contributed by atoms with Crippen molar-refractivity contribution < 1.29 is 19.5 Å². The van der Waals surface area contributed by atoms with Gasteiger partial charge >= 0.3 is 0 Å². The van der Waals surface area contributed by atoms with Crippen LogP contribution in [-0.2, 0) is 22.4 Å². The number of aryl methyl sites for hydroxylation is 2. The van der Waals surface area contributed by atoms with Crippen molar-refractivity contribution in [2.75, 3.05) is 43.4 Å². The summed E-state index contributed by atoms with van der Waals surface area (Å²) < 4.78 is 0.928. The first-order valence-electron chi connectivity index (χ1n) is 14.5. The number of carbonyl (C=O) groups is 2. The fourth-order valence-electron chi connectivity index (χ4n) is 5.11. The van der Waals surface area contributed by atoms with Crippen molar-refractivity contribution in [3.8, 4) is 11.1 Å². The van der Waals surface area contributed by atoms with Crippen LogP contribution in [0.25, 0.3) is 11.1 Å². The Morgan fingerprint density at radius 3 is 2.71 bits per heavy atom. The Hall–Kier alpha value is -4.05. The van der Waals surface area contributed by atoms with Gasteiger partial charge in [0.25, 0.3) is 12.1 Å². The zero-order valence-corrected chi connectivity index (χ0v) is 24.1.